The van der Waals surface area contributed by atoms with Gasteiger partial charge in [-0.2, -0.15) is 0 Å². The molecule has 7 heteroatoms. The van der Waals surface area contributed by atoms with E-state index in [4.69, 9.17) is 23.2 Å². The van der Waals surface area contributed by atoms with Crippen molar-refractivity contribution in [2.75, 3.05) is 19.4 Å². The van der Waals surface area contributed by atoms with Gasteiger partial charge < -0.3 is 14.6 Å². The van der Waals surface area contributed by atoms with Crippen molar-refractivity contribution in [1.82, 2.24) is 14.3 Å². The minimum Gasteiger partial charge on any atom is -0.319 e. The zero-order valence-corrected chi connectivity index (χ0v) is 14.8. The molecule has 2 heterocycles. The lowest BCUT2D eigenvalue weighted by Crippen LogP contribution is -2.19. The SMILES string of the molecule is CN(C)Cc1c(C(=O)Nc2cccc(Cl)c2Cl)nc2ccccn12. The summed E-state index contributed by atoms with van der Waals surface area (Å²) in [7, 11) is 3.88. The number of carbonyl (C=O) groups is 1. The summed E-state index contributed by atoms with van der Waals surface area (Å²) >= 11 is 12.1. The van der Waals surface area contributed by atoms with Crippen molar-refractivity contribution in [2.24, 2.45) is 0 Å². The summed E-state index contributed by atoms with van der Waals surface area (Å²) in [5.41, 5.74) is 2.36. The Hall–Kier alpha value is -2.08. The number of hydrogen-bond donors (Lipinski definition) is 1. The van der Waals surface area contributed by atoms with E-state index in [0.717, 1.165) is 11.3 Å². The van der Waals surface area contributed by atoms with E-state index in [1.54, 1.807) is 18.2 Å². The average molecular weight is 363 g/mol. The minimum atomic E-state index is -0.320. The number of aromatic nitrogens is 2. The molecule has 3 aromatic rings. The first kappa shape index (κ1) is 16.8. The van der Waals surface area contributed by atoms with Crippen LogP contribution in [0.2, 0.25) is 10.0 Å². The van der Waals surface area contributed by atoms with E-state index in [0.29, 0.717) is 28.0 Å². The molecule has 0 unspecified atom stereocenters. The summed E-state index contributed by atoms with van der Waals surface area (Å²) in [5.74, 6) is -0.320. The molecule has 0 saturated carbocycles. The fourth-order valence-electron chi connectivity index (χ4n) is 2.46. The molecule has 0 fully saturated rings. The number of halogens is 2. The van der Waals surface area contributed by atoms with Crippen LogP contribution in [0.25, 0.3) is 5.65 Å². The van der Waals surface area contributed by atoms with Crippen LogP contribution in [0.3, 0.4) is 0 Å². The van der Waals surface area contributed by atoms with Crippen molar-refractivity contribution in [3.05, 3.63) is 64.0 Å². The average Bonchev–Trinajstić information content (AvgIpc) is 2.90. The van der Waals surface area contributed by atoms with Gasteiger partial charge in [0.25, 0.3) is 5.91 Å². The minimum absolute atomic E-state index is 0.311. The standard InChI is InChI=1S/C17H16Cl2N4O/c1-22(2)10-13-16(21-14-8-3-4-9-23(13)14)17(24)20-12-7-5-6-11(18)15(12)19/h3-9H,10H2,1-2H3,(H,20,24). The maximum atomic E-state index is 12.7. The fourth-order valence-corrected chi connectivity index (χ4v) is 2.81. The summed E-state index contributed by atoms with van der Waals surface area (Å²) in [6.45, 7) is 0.581. The zero-order chi connectivity index (χ0) is 17.3. The molecule has 3 rings (SSSR count). The highest BCUT2D eigenvalue weighted by atomic mass is 35.5. The number of pyridine rings is 1. The van der Waals surface area contributed by atoms with Crippen molar-refractivity contribution in [1.29, 1.82) is 0 Å². The first-order chi connectivity index (χ1) is 11.5. The predicted octanol–water partition coefficient (Wildman–Crippen LogP) is 3.96. The Morgan fingerprint density at radius 3 is 2.75 bits per heavy atom. The maximum absolute atomic E-state index is 12.7. The maximum Gasteiger partial charge on any atom is 0.276 e. The van der Waals surface area contributed by atoms with Gasteiger partial charge >= 0.3 is 0 Å². The van der Waals surface area contributed by atoms with Gasteiger partial charge in [-0.05, 0) is 38.4 Å². The normalized spacial score (nSPS) is 11.2. The number of anilines is 1. The predicted molar refractivity (Wildman–Crippen MR) is 97.0 cm³/mol. The quantitative estimate of drug-likeness (QED) is 0.764. The third kappa shape index (κ3) is 3.24. The molecule has 1 N–H and O–H groups in total. The molecule has 0 saturated heterocycles. The van der Waals surface area contributed by atoms with Gasteiger partial charge in [-0.25, -0.2) is 4.98 Å². The van der Waals surface area contributed by atoms with E-state index >= 15 is 0 Å². The van der Waals surface area contributed by atoms with Gasteiger partial charge in [0.1, 0.15) is 5.65 Å². The molecular weight excluding hydrogens is 347 g/mol. The smallest absolute Gasteiger partial charge is 0.276 e. The number of benzene rings is 1. The molecule has 1 amide bonds. The van der Waals surface area contributed by atoms with Gasteiger partial charge in [0.05, 0.1) is 21.4 Å². The monoisotopic (exact) mass is 362 g/mol. The Bertz CT molecular complexity index is 905. The molecule has 0 aliphatic carbocycles. The van der Waals surface area contributed by atoms with Crippen molar-refractivity contribution >= 4 is 40.4 Å². The van der Waals surface area contributed by atoms with Gasteiger partial charge in [-0.15, -0.1) is 0 Å². The molecule has 5 nitrogen and oxygen atoms in total. The van der Waals surface area contributed by atoms with E-state index in [1.165, 1.54) is 0 Å². The second-order valence-electron chi connectivity index (χ2n) is 5.63. The molecule has 2 aromatic heterocycles. The van der Waals surface area contributed by atoms with E-state index < -0.39 is 0 Å². The van der Waals surface area contributed by atoms with Gasteiger partial charge in [0.2, 0.25) is 0 Å². The molecule has 0 aliphatic rings. The number of nitrogens with zero attached hydrogens (tertiary/aromatic N) is 3. The Kier molecular flexibility index (Phi) is 4.76. The van der Waals surface area contributed by atoms with E-state index in [2.05, 4.69) is 10.3 Å². The van der Waals surface area contributed by atoms with Crippen LogP contribution >= 0.6 is 23.2 Å². The lowest BCUT2D eigenvalue weighted by Gasteiger charge is -2.12. The Labute approximate surface area is 149 Å². The molecule has 24 heavy (non-hydrogen) atoms. The second-order valence-corrected chi connectivity index (χ2v) is 6.41. The first-order valence-corrected chi connectivity index (χ1v) is 8.09. The van der Waals surface area contributed by atoms with Gasteiger partial charge in [-0.3, -0.25) is 4.79 Å². The molecular formula is C17H16Cl2N4O. The highest BCUT2D eigenvalue weighted by Crippen LogP contribution is 2.30. The van der Waals surface area contributed by atoms with Crippen LogP contribution in [-0.2, 0) is 6.54 Å². The first-order valence-electron chi connectivity index (χ1n) is 7.33. The number of rotatable bonds is 4. The molecule has 0 aliphatic heterocycles. The Balaban J connectivity index is 2.01. The van der Waals surface area contributed by atoms with Gasteiger partial charge in [0, 0.05) is 12.7 Å². The van der Waals surface area contributed by atoms with Crippen molar-refractivity contribution < 1.29 is 4.79 Å². The number of carbonyl (C=O) groups excluding carboxylic acids is 1. The number of amides is 1. The van der Waals surface area contributed by atoms with Crippen LogP contribution in [0, 0.1) is 0 Å². The summed E-state index contributed by atoms with van der Waals surface area (Å²) in [6.07, 6.45) is 1.89. The number of hydrogen-bond acceptors (Lipinski definition) is 3. The molecule has 0 spiro atoms. The zero-order valence-electron chi connectivity index (χ0n) is 13.3. The number of imidazole rings is 1. The Morgan fingerprint density at radius 2 is 2.00 bits per heavy atom. The second kappa shape index (κ2) is 6.81. The molecule has 0 radical (unpaired) electrons. The van der Waals surface area contributed by atoms with E-state index in [1.807, 2.05) is 47.8 Å². The lowest BCUT2D eigenvalue weighted by atomic mass is 10.2. The highest BCUT2D eigenvalue weighted by Gasteiger charge is 2.20. The third-order valence-electron chi connectivity index (χ3n) is 3.51. The molecule has 0 atom stereocenters. The molecule has 1 aromatic carbocycles. The van der Waals surface area contributed by atoms with Crippen molar-refractivity contribution in [3.63, 3.8) is 0 Å². The van der Waals surface area contributed by atoms with Gasteiger partial charge in [-0.1, -0.05) is 35.3 Å². The highest BCUT2D eigenvalue weighted by molar-refractivity contribution is 6.44. The number of nitrogens with one attached hydrogen (secondary N) is 1. The number of fused-ring (bicyclic) bond motifs is 1. The van der Waals surface area contributed by atoms with Gasteiger partial charge in [0.15, 0.2) is 5.69 Å². The van der Waals surface area contributed by atoms with Crippen molar-refractivity contribution in [2.45, 2.75) is 6.54 Å². The summed E-state index contributed by atoms with van der Waals surface area (Å²) in [6, 6.07) is 10.8. The topological polar surface area (TPSA) is 49.6 Å². The van der Waals surface area contributed by atoms with Crippen LogP contribution < -0.4 is 5.32 Å². The van der Waals surface area contributed by atoms with Crippen LogP contribution in [0.15, 0.2) is 42.6 Å². The Morgan fingerprint density at radius 1 is 1.21 bits per heavy atom. The lowest BCUT2D eigenvalue weighted by molar-refractivity contribution is 0.102. The van der Waals surface area contributed by atoms with Crippen molar-refractivity contribution in [3.8, 4) is 0 Å². The molecule has 124 valence electrons. The molecule has 0 bridgehead atoms. The van der Waals surface area contributed by atoms with Crippen LogP contribution in [0.4, 0.5) is 5.69 Å². The summed E-state index contributed by atoms with van der Waals surface area (Å²) < 4.78 is 1.91. The fraction of sp³-hybridized carbons (Fsp3) is 0.176. The summed E-state index contributed by atoms with van der Waals surface area (Å²) in [5, 5.41) is 3.49. The van der Waals surface area contributed by atoms with Crippen LogP contribution in [0.5, 0.6) is 0 Å². The largest absolute Gasteiger partial charge is 0.319 e. The van der Waals surface area contributed by atoms with Crippen LogP contribution in [0.1, 0.15) is 16.2 Å². The van der Waals surface area contributed by atoms with E-state index in [-0.39, 0.29) is 5.91 Å². The third-order valence-corrected chi connectivity index (χ3v) is 4.33. The summed E-state index contributed by atoms with van der Waals surface area (Å²) in [4.78, 5) is 19.2. The van der Waals surface area contributed by atoms with Crippen LogP contribution in [-0.4, -0.2) is 34.3 Å². The van der Waals surface area contributed by atoms with E-state index in [9.17, 15) is 4.79 Å².